The van der Waals surface area contributed by atoms with Crippen LogP contribution in [0, 0.1) is 11.8 Å². The van der Waals surface area contributed by atoms with E-state index in [-0.39, 0.29) is 10.0 Å². The number of carbonyl (C=O) groups is 1. The van der Waals surface area contributed by atoms with Crippen molar-refractivity contribution in [2.45, 2.75) is 43.1 Å². The van der Waals surface area contributed by atoms with E-state index in [2.05, 4.69) is 48.6 Å². The van der Waals surface area contributed by atoms with E-state index >= 15 is 0 Å². The molecule has 0 spiro atoms. The zero-order chi connectivity index (χ0) is 22.1. The van der Waals surface area contributed by atoms with Crippen LogP contribution in [0.25, 0.3) is 0 Å². The van der Waals surface area contributed by atoms with Gasteiger partial charge in [-0.1, -0.05) is 30.0 Å². The van der Waals surface area contributed by atoms with Crippen LogP contribution in [0.15, 0.2) is 42.5 Å². The third-order valence-electron chi connectivity index (χ3n) is 5.48. The van der Waals surface area contributed by atoms with Gasteiger partial charge in [-0.2, -0.15) is 0 Å². The van der Waals surface area contributed by atoms with Gasteiger partial charge in [0.05, 0.1) is 17.3 Å². The number of thioether (sulfide) groups is 2. The molecule has 0 saturated carbocycles. The van der Waals surface area contributed by atoms with Crippen LogP contribution in [-0.4, -0.2) is 31.7 Å². The zero-order valence-electron chi connectivity index (χ0n) is 18.5. The number of fused-ring (bicyclic) bond motifs is 1. The van der Waals surface area contributed by atoms with Gasteiger partial charge in [0.1, 0.15) is 5.75 Å². The molecule has 0 bridgehead atoms. The van der Waals surface area contributed by atoms with Gasteiger partial charge in [-0.05, 0) is 68.5 Å². The maximum Gasteiger partial charge on any atom is 0.305 e. The van der Waals surface area contributed by atoms with Crippen LogP contribution in [0.2, 0.25) is 0 Å². The first-order valence-corrected chi connectivity index (χ1v) is 13.2. The van der Waals surface area contributed by atoms with Crippen molar-refractivity contribution in [1.82, 2.24) is 0 Å². The first-order valence-electron chi connectivity index (χ1n) is 10.7. The Kier molecular flexibility index (Phi) is 8.80. The molecule has 2 aromatic carbocycles. The number of aryl methyl sites for hydroxylation is 1. The van der Waals surface area contributed by atoms with Crippen molar-refractivity contribution in [1.29, 1.82) is 0 Å². The smallest absolute Gasteiger partial charge is 0.305 e. The minimum absolute atomic E-state index is 0.0299. The van der Waals surface area contributed by atoms with E-state index in [4.69, 9.17) is 9.47 Å². The van der Waals surface area contributed by atoms with Gasteiger partial charge >= 0.3 is 5.97 Å². The molecule has 1 heterocycles. The summed E-state index contributed by atoms with van der Waals surface area (Å²) < 4.78 is 10.9. The highest BCUT2D eigenvalue weighted by atomic mass is 32.2. The monoisotopic (exact) mass is 454 g/mol. The summed E-state index contributed by atoms with van der Waals surface area (Å²) >= 11 is 3.76. The Bertz CT molecular complexity index is 955. The first kappa shape index (κ1) is 23.6. The minimum atomic E-state index is -0.112. The van der Waals surface area contributed by atoms with Gasteiger partial charge in [-0.15, -0.1) is 23.5 Å². The van der Waals surface area contributed by atoms with Gasteiger partial charge in [-0.25, -0.2) is 0 Å². The van der Waals surface area contributed by atoms with Crippen LogP contribution in [0.3, 0.4) is 0 Å². The summed E-state index contributed by atoms with van der Waals surface area (Å²) in [6, 6.07) is 14.6. The number of hydrogen-bond acceptors (Lipinski definition) is 5. The molecule has 0 fully saturated rings. The lowest BCUT2D eigenvalue weighted by molar-refractivity contribution is -0.143. The maximum atomic E-state index is 11.5. The Morgan fingerprint density at radius 3 is 2.71 bits per heavy atom. The van der Waals surface area contributed by atoms with Gasteiger partial charge in [0.15, 0.2) is 0 Å². The predicted molar refractivity (Wildman–Crippen MR) is 132 cm³/mol. The van der Waals surface area contributed by atoms with E-state index in [1.807, 2.05) is 48.6 Å². The first-order chi connectivity index (χ1) is 15.1. The van der Waals surface area contributed by atoms with Crippen molar-refractivity contribution in [2.24, 2.45) is 0 Å². The van der Waals surface area contributed by atoms with Crippen LogP contribution in [0.1, 0.15) is 54.9 Å². The summed E-state index contributed by atoms with van der Waals surface area (Å²) in [5.74, 6) is 7.60. The summed E-state index contributed by atoms with van der Waals surface area (Å²) in [4.78, 5) is 11.5. The van der Waals surface area contributed by atoms with E-state index in [0.29, 0.717) is 13.0 Å². The lowest BCUT2D eigenvalue weighted by atomic mass is 10.00. The van der Waals surface area contributed by atoms with E-state index in [1.54, 1.807) is 0 Å². The third-order valence-corrected chi connectivity index (χ3v) is 8.65. The molecule has 0 N–H and O–H groups in total. The molecule has 164 valence electrons. The van der Waals surface area contributed by atoms with Gasteiger partial charge in [0.2, 0.25) is 0 Å². The molecule has 3 rings (SSSR count). The second kappa shape index (κ2) is 11.5. The molecule has 5 heteroatoms. The molecule has 1 aliphatic rings. The predicted octanol–water partition coefficient (Wildman–Crippen LogP) is 6.02. The molecule has 0 unspecified atom stereocenters. The molecular formula is C26H30O3S2. The maximum absolute atomic E-state index is 11.5. The Morgan fingerprint density at radius 2 is 1.94 bits per heavy atom. The molecule has 1 aliphatic heterocycles. The van der Waals surface area contributed by atoms with E-state index in [9.17, 15) is 4.79 Å². The summed E-state index contributed by atoms with van der Waals surface area (Å²) in [5.41, 5.74) is 4.52. The average Bonchev–Trinajstić information content (AvgIpc) is 2.80. The molecular weight excluding hydrogens is 424 g/mol. The summed E-state index contributed by atoms with van der Waals surface area (Å²) in [5, 5.41) is 0. The van der Waals surface area contributed by atoms with Crippen molar-refractivity contribution in [3.8, 4) is 17.6 Å². The number of ether oxygens (including phenoxy) is 2. The summed E-state index contributed by atoms with van der Waals surface area (Å²) in [7, 11) is 0. The second-order valence-corrected chi connectivity index (χ2v) is 9.86. The number of esters is 1. The highest BCUT2D eigenvalue weighted by Gasteiger charge is 2.36. The van der Waals surface area contributed by atoms with Crippen LogP contribution < -0.4 is 4.74 Å². The van der Waals surface area contributed by atoms with Crippen LogP contribution in [-0.2, 0) is 20.0 Å². The molecule has 0 atom stereocenters. The Hall–Kier alpha value is -2.03. The third kappa shape index (κ3) is 6.02. The lowest BCUT2D eigenvalue weighted by Gasteiger charge is -2.36. The van der Waals surface area contributed by atoms with Gasteiger partial charge in [-0.3, -0.25) is 4.79 Å². The number of carbonyl (C=O) groups excluding carboxylic acids is 1. The lowest BCUT2D eigenvalue weighted by Crippen LogP contribution is -2.26. The second-order valence-electron chi connectivity index (χ2n) is 7.39. The van der Waals surface area contributed by atoms with Crippen molar-refractivity contribution >= 4 is 29.5 Å². The van der Waals surface area contributed by atoms with Crippen molar-refractivity contribution in [2.75, 3.05) is 25.7 Å². The highest BCUT2D eigenvalue weighted by Crippen LogP contribution is 2.52. The molecule has 0 saturated heterocycles. The summed E-state index contributed by atoms with van der Waals surface area (Å²) in [6.07, 6.45) is 8.49. The molecule has 31 heavy (non-hydrogen) atoms. The normalized spacial score (nSPS) is 14.0. The van der Waals surface area contributed by atoms with Crippen LogP contribution >= 0.6 is 23.5 Å². The highest BCUT2D eigenvalue weighted by molar-refractivity contribution is 8.16. The topological polar surface area (TPSA) is 35.5 Å². The van der Waals surface area contributed by atoms with Crippen molar-refractivity contribution < 1.29 is 14.3 Å². The SMILES string of the molecule is CCOC(=O)CCCCc1ccccc1C#Cc1ccc2c(c1)C(SC)(SC)CCO2. The van der Waals surface area contributed by atoms with Crippen molar-refractivity contribution in [3.63, 3.8) is 0 Å². The molecule has 0 radical (unpaired) electrons. The minimum Gasteiger partial charge on any atom is -0.493 e. The number of hydrogen-bond donors (Lipinski definition) is 0. The Labute approximate surface area is 194 Å². The standard InChI is InChI=1S/C26H30O3S2/c1-4-28-25(27)12-8-7-10-21-9-5-6-11-22(21)15-13-20-14-16-24-23(19-20)26(30-2,31-3)17-18-29-24/h5-6,9,11,14,16,19H,4,7-8,10,12,17-18H2,1-3H3. The molecule has 3 nitrogen and oxygen atoms in total. The largest absolute Gasteiger partial charge is 0.493 e. The molecule has 0 aliphatic carbocycles. The Morgan fingerprint density at radius 1 is 1.13 bits per heavy atom. The van der Waals surface area contributed by atoms with E-state index < -0.39 is 0 Å². The number of unbranched alkanes of at least 4 members (excludes halogenated alkanes) is 1. The molecule has 2 aromatic rings. The fourth-order valence-electron chi connectivity index (χ4n) is 3.79. The molecule has 0 amide bonds. The van der Waals surface area contributed by atoms with Crippen molar-refractivity contribution in [3.05, 3.63) is 64.7 Å². The van der Waals surface area contributed by atoms with E-state index in [0.717, 1.165) is 49.2 Å². The molecule has 0 aromatic heterocycles. The number of benzene rings is 2. The quantitative estimate of drug-likeness (QED) is 0.211. The number of rotatable bonds is 8. The fraction of sp³-hybridized carbons (Fsp3) is 0.423. The van der Waals surface area contributed by atoms with E-state index in [1.165, 1.54) is 11.1 Å². The van der Waals surface area contributed by atoms with Crippen LogP contribution in [0.4, 0.5) is 0 Å². The van der Waals surface area contributed by atoms with Gasteiger partial charge in [0.25, 0.3) is 0 Å². The van der Waals surface area contributed by atoms with Gasteiger partial charge in [0, 0.05) is 29.5 Å². The van der Waals surface area contributed by atoms with Gasteiger partial charge < -0.3 is 9.47 Å². The zero-order valence-corrected chi connectivity index (χ0v) is 20.2. The summed E-state index contributed by atoms with van der Waals surface area (Å²) in [6.45, 7) is 3.04. The van der Waals surface area contributed by atoms with Crippen LogP contribution in [0.5, 0.6) is 5.75 Å². The fourth-order valence-corrected chi connectivity index (χ4v) is 5.79. The Balaban J connectivity index is 1.74. The average molecular weight is 455 g/mol.